The highest BCUT2D eigenvalue weighted by atomic mass is 16.5. The molecule has 8 nitrogen and oxygen atoms in total. The minimum atomic E-state index is -0.928. The average molecular weight is 487 g/mol. The second kappa shape index (κ2) is 9.33. The second-order valence-corrected chi connectivity index (χ2v) is 9.85. The van der Waals surface area contributed by atoms with E-state index in [1.165, 1.54) is 5.56 Å². The van der Waals surface area contributed by atoms with E-state index in [-0.39, 0.29) is 12.3 Å². The van der Waals surface area contributed by atoms with Gasteiger partial charge in [0.05, 0.1) is 19.1 Å². The van der Waals surface area contributed by atoms with E-state index in [1.807, 2.05) is 28.8 Å². The topological polar surface area (TPSA) is 96.7 Å². The Morgan fingerprint density at radius 3 is 2.89 bits per heavy atom. The van der Waals surface area contributed by atoms with Crippen molar-refractivity contribution in [2.24, 2.45) is 0 Å². The first-order valence-electron chi connectivity index (χ1n) is 12.8. The third kappa shape index (κ3) is 4.32. The zero-order chi connectivity index (χ0) is 24.6. The molecule has 8 heteroatoms. The molecule has 0 saturated heterocycles. The fourth-order valence-electron chi connectivity index (χ4n) is 5.58. The summed E-state index contributed by atoms with van der Waals surface area (Å²) in [6.45, 7) is 2.71. The lowest BCUT2D eigenvalue weighted by molar-refractivity contribution is -0.138. The van der Waals surface area contributed by atoms with Crippen LogP contribution in [0.1, 0.15) is 57.3 Å². The lowest BCUT2D eigenvalue weighted by atomic mass is 9.98. The van der Waals surface area contributed by atoms with Gasteiger partial charge in [-0.2, -0.15) is 0 Å². The van der Waals surface area contributed by atoms with Crippen molar-refractivity contribution in [3.8, 4) is 5.75 Å². The summed E-state index contributed by atoms with van der Waals surface area (Å²) in [5, 5.41) is 13.0. The Morgan fingerprint density at radius 1 is 1.11 bits per heavy atom. The fourth-order valence-corrected chi connectivity index (χ4v) is 5.58. The molecule has 2 aromatic heterocycles. The molecule has 3 aliphatic rings. The van der Waals surface area contributed by atoms with E-state index in [0.29, 0.717) is 25.4 Å². The maximum Gasteiger partial charge on any atom is 0.305 e. The van der Waals surface area contributed by atoms with Crippen LogP contribution in [0, 0.1) is 0 Å². The number of amides is 1. The minimum Gasteiger partial charge on any atom is -0.493 e. The number of carbonyl (C=O) groups is 2. The van der Waals surface area contributed by atoms with Crippen LogP contribution in [0.15, 0.2) is 42.6 Å². The van der Waals surface area contributed by atoms with E-state index in [2.05, 4.69) is 23.6 Å². The molecule has 5 heterocycles. The number of carboxylic acid groups (broad SMARTS) is 1. The molecular formula is C28H30N4O4. The Balaban J connectivity index is 1.20. The largest absolute Gasteiger partial charge is 0.493 e. The number of pyridine rings is 1. The standard InChI is InChI=1S/C28H30N4O4/c33-26(34)16-23(21-5-4-19-9-13-36-25(19)15-21)32-12-11-31-17-18(14-24(31)28(32)35)3-7-22-8-6-20-2-1-10-29-27(20)30-22/h4-6,8,14-15,17,23H,1-3,7,9-13,16H2,(H,29,30)(H,33,34)/t23-/m0/s1. The Kier molecular flexibility index (Phi) is 5.87. The number of aliphatic carboxylic acids is 1. The highest BCUT2D eigenvalue weighted by Gasteiger charge is 2.33. The van der Waals surface area contributed by atoms with Gasteiger partial charge in [0.25, 0.3) is 5.91 Å². The number of anilines is 1. The van der Waals surface area contributed by atoms with Gasteiger partial charge in [0.2, 0.25) is 0 Å². The molecule has 0 saturated carbocycles. The van der Waals surface area contributed by atoms with Gasteiger partial charge in [-0.15, -0.1) is 0 Å². The van der Waals surface area contributed by atoms with Crippen LogP contribution in [-0.4, -0.2) is 51.1 Å². The van der Waals surface area contributed by atoms with Gasteiger partial charge in [-0.25, -0.2) is 4.98 Å². The van der Waals surface area contributed by atoms with Crippen LogP contribution in [0.3, 0.4) is 0 Å². The number of carboxylic acids is 1. The van der Waals surface area contributed by atoms with Gasteiger partial charge < -0.3 is 24.6 Å². The SMILES string of the molecule is O=C(O)C[C@@H](c1ccc2c(c1)OCC2)N1CCn2cc(CCc3ccc4c(n3)NCCC4)cc2C1=O. The molecule has 1 atom stereocenters. The van der Waals surface area contributed by atoms with Crippen molar-refractivity contribution < 1.29 is 19.4 Å². The van der Waals surface area contributed by atoms with E-state index < -0.39 is 12.0 Å². The first-order valence-corrected chi connectivity index (χ1v) is 12.8. The normalized spacial score (nSPS) is 17.0. The molecule has 186 valence electrons. The van der Waals surface area contributed by atoms with E-state index >= 15 is 0 Å². The van der Waals surface area contributed by atoms with Gasteiger partial charge in [-0.05, 0) is 66.1 Å². The summed E-state index contributed by atoms with van der Waals surface area (Å²) < 4.78 is 7.70. The summed E-state index contributed by atoms with van der Waals surface area (Å²) in [5.41, 5.74) is 5.96. The lowest BCUT2D eigenvalue weighted by Gasteiger charge is -2.35. The number of fused-ring (bicyclic) bond motifs is 3. The number of aryl methyl sites for hydroxylation is 3. The molecule has 1 aromatic carbocycles. The van der Waals surface area contributed by atoms with Crippen LogP contribution in [0.25, 0.3) is 0 Å². The predicted molar refractivity (Wildman–Crippen MR) is 135 cm³/mol. The lowest BCUT2D eigenvalue weighted by Crippen LogP contribution is -2.42. The fraction of sp³-hybridized carbons (Fsp3) is 0.393. The van der Waals surface area contributed by atoms with Crippen molar-refractivity contribution in [3.63, 3.8) is 0 Å². The van der Waals surface area contributed by atoms with Crippen molar-refractivity contribution in [2.45, 2.75) is 51.1 Å². The van der Waals surface area contributed by atoms with Gasteiger partial charge in [0.1, 0.15) is 17.3 Å². The average Bonchev–Trinajstić information content (AvgIpc) is 3.53. The van der Waals surface area contributed by atoms with Gasteiger partial charge in [-0.3, -0.25) is 9.59 Å². The summed E-state index contributed by atoms with van der Waals surface area (Å²) in [5.74, 6) is 0.741. The van der Waals surface area contributed by atoms with Crippen molar-refractivity contribution >= 4 is 17.7 Å². The van der Waals surface area contributed by atoms with Gasteiger partial charge in [-0.1, -0.05) is 18.2 Å². The van der Waals surface area contributed by atoms with Crippen LogP contribution in [0.2, 0.25) is 0 Å². The molecule has 0 spiro atoms. The Hall–Kier alpha value is -3.81. The van der Waals surface area contributed by atoms with E-state index in [0.717, 1.165) is 72.6 Å². The molecule has 0 aliphatic carbocycles. The molecule has 0 bridgehead atoms. The number of carbonyl (C=O) groups excluding carboxylic acids is 1. The smallest absolute Gasteiger partial charge is 0.305 e. The van der Waals surface area contributed by atoms with Gasteiger partial charge >= 0.3 is 5.97 Å². The summed E-state index contributed by atoms with van der Waals surface area (Å²) >= 11 is 0. The van der Waals surface area contributed by atoms with E-state index in [4.69, 9.17) is 9.72 Å². The van der Waals surface area contributed by atoms with Crippen molar-refractivity contribution in [1.82, 2.24) is 14.5 Å². The van der Waals surface area contributed by atoms with Crippen molar-refractivity contribution in [3.05, 3.63) is 76.2 Å². The molecule has 1 amide bonds. The molecule has 2 N–H and O–H groups in total. The highest BCUT2D eigenvalue weighted by Crippen LogP contribution is 2.34. The van der Waals surface area contributed by atoms with Crippen LogP contribution in [0.4, 0.5) is 5.82 Å². The Bertz CT molecular complexity index is 1330. The number of hydrogen-bond acceptors (Lipinski definition) is 5. The summed E-state index contributed by atoms with van der Waals surface area (Å²) in [6.07, 6.45) is 6.57. The number of hydrogen-bond donors (Lipinski definition) is 2. The molecule has 0 unspecified atom stereocenters. The molecule has 3 aliphatic heterocycles. The van der Waals surface area contributed by atoms with Crippen LogP contribution in [0.5, 0.6) is 5.75 Å². The maximum absolute atomic E-state index is 13.6. The molecular weight excluding hydrogens is 456 g/mol. The third-order valence-electron chi connectivity index (χ3n) is 7.49. The summed E-state index contributed by atoms with van der Waals surface area (Å²) in [6, 6.07) is 11.5. The summed E-state index contributed by atoms with van der Waals surface area (Å²) in [7, 11) is 0. The highest BCUT2D eigenvalue weighted by molar-refractivity contribution is 5.94. The van der Waals surface area contributed by atoms with E-state index in [9.17, 15) is 14.7 Å². The number of rotatable bonds is 7. The maximum atomic E-state index is 13.6. The van der Waals surface area contributed by atoms with Crippen LogP contribution in [-0.2, 0) is 37.0 Å². The molecule has 0 radical (unpaired) electrons. The van der Waals surface area contributed by atoms with Crippen molar-refractivity contribution in [1.29, 1.82) is 0 Å². The zero-order valence-corrected chi connectivity index (χ0v) is 20.2. The number of nitrogens with zero attached hydrogens (tertiary/aromatic N) is 3. The van der Waals surface area contributed by atoms with E-state index in [1.54, 1.807) is 4.90 Å². The van der Waals surface area contributed by atoms with Gasteiger partial charge in [0.15, 0.2) is 0 Å². The zero-order valence-electron chi connectivity index (χ0n) is 20.2. The van der Waals surface area contributed by atoms with Crippen molar-refractivity contribution in [2.75, 3.05) is 25.0 Å². The number of nitrogens with one attached hydrogen (secondary N) is 1. The molecule has 6 rings (SSSR count). The predicted octanol–water partition coefficient (Wildman–Crippen LogP) is 3.63. The number of ether oxygens (including phenoxy) is 1. The minimum absolute atomic E-state index is 0.128. The number of aromatic nitrogens is 2. The molecule has 3 aromatic rings. The first kappa shape index (κ1) is 22.6. The molecule has 0 fully saturated rings. The van der Waals surface area contributed by atoms with Crippen LogP contribution >= 0.6 is 0 Å². The number of benzene rings is 1. The van der Waals surface area contributed by atoms with Crippen LogP contribution < -0.4 is 10.1 Å². The second-order valence-electron chi connectivity index (χ2n) is 9.85. The quantitative estimate of drug-likeness (QED) is 0.529. The first-order chi connectivity index (χ1) is 17.5. The Labute approximate surface area is 209 Å². The molecule has 36 heavy (non-hydrogen) atoms. The summed E-state index contributed by atoms with van der Waals surface area (Å²) in [4.78, 5) is 31.8. The third-order valence-corrected chi connectivity index (χ3v) is 7.49. The van der Waals surface area contributed by atoms with Gasteiger partial charge in [0, 0.05) is 37.9 Å². The monoisotopic (exact) mass is 486 g/mol. The Morgan fingerprint density at radius 2 is 2.00 bits per heavy atom.